The lowest BCUT2D eigenvalue weighted by Crippen LogP contribution is -2.32. The van der Waals surface area contributed by atoms with Gasteiger partial charge in [-0.15, -0.1) is 0 Å². The molecule has 1 aliphatic heterocycles. The minimum Gasteiger partial charge on any atom is -0.493 e. The fraction of sp³-hybridized carbons (Fsp3) is 0.310. The van der Waals surface area contributed by atoms with Crippen molar-refractivity contribution in [3.05, 3.63) is 86.9 Å². The maximum absolute atomic E-state index is 12.9. The van der Waals surface area contributed by atoms with Crippen LogP contribution in [0.2, 0.25) is 10.0 Å². The zero-order valence-corrected chi connectivity index (χ0v) is 21.8. The molecule has 3 unspecified atom stereocenters. The number of hydrogen-bond acceptors (Lipinski definition) is 4. The molecule has 2 N–H and O–H groups in total. The molecule has 6 nitrogen and oxygen atoms in total. The summed E-state index contributed by atoms with van der Waals surface area (Å²) in [6.07, 6.45) is 3.25. The maximum atomic E-state index is 12.9. The van der Waals surface area contributed by atoms with E-state index in [1.165, 1.54) is 5.56 Å². The quantitative estimate of drug-likeness (QED) is 0.348. The number of carbonyl (C=O) groups is 2. The first-order valence-electron chi connectivity index (χ1n) is 12.3. The number of rotatable bonds is 6. The standard InChI is InChI=1S/C29H27Cl2NO5/c1-16-12-18(5-9-24(16)30)19-2-6-20(13-19)32-28(33)17-3-7-21(8-4-17)37-27-15-26-23(14-25(27)31)22(29(34)35)10-11-36-26/h3-5,7-9,12,14-15,19-20,22H,2,6,10-11,13H2,1H3,(H,32,33)(H,34,35). The van der Waals surface area contributed by atoms with Crippen molar-refractivity contribution in [2.24, 2.45) is 0 Å². The minimum atomic E-state index is -0.906. The number of carbonyl (C=O) groups excluding carboxylic acids is 1. The van der Waals surface area contributed by atoms with Gasteiger partial charge in [0.05, 0.1) is 17.5 Å². The van der Waals surface area contributed by atoms with Gasteiger partial charge in [-0.25, -0.2) is 0 Å². The zero-order chi connectivity index (χ0) is 26.1. The topological polar surface area (TPSA) is 84.9 Å². The number of hydrogen-bond donors (Lipinski definition) is 2. The van der Waals surface area contributed by atoms with Crippen LogP contribution in [0.4, 0.5) is 0 Å². The number of carboxylic acids is 1. The van der Waals surface area contributed by atoms with Gasteiger partial charge in [-0.2, -0.15) is 0 Å². The van der Waals surface area contributed by atoms with Crippen LogP contribution in [0.3, 0.4) is 0 Å². The van der Waals surface area contributed by atoms with Crippen LogP contribution in [0.25, 0.3) is 0 Å². The smallest absolute Gasteiger partial charge is 0.311 e. The van der Waals surface area contributed by atoms with E-state index < -0.39 is 11.9 Å². The van der Waals surface area contributed by atoms with Crippen molar-refractivity contribution in [1.82, 2.24) is 5.32 Å². The molecule has 1 saturated carbocycles. The van der Waals surface area contributed by atoms with E-state index in [4.69, 9.17) is 32.7 Å². The van der Waals surface area contributed by atoms with Crippen molar-refractivity contribution in [3.8, 4) is 17.2 Å². The van der Waals surface area contributed by atoms with Crippen molar-refractivity contribution < 1.29 is 24.2 Å². The molecule has 3 aromatic rings. The Bertz CT molecular complexity index is 1340. The van der Waals surface area contributed by atoms with Gasteiger partial charge < -0.3 is 19.9 Å². The lowest BCUT2D eigenvalue weighted by molar-refractivity contribution is -0.139. The molecular formula is C29H27Cl2NO5. The Labute approximate surface area is 225 Å². The average Bonchev–Trinajstić information content (AvgIpc) is 3.34. The molecule has 1 heterocycles. The van der Waals surface area contributed by atoms with Crippen molar-refractivity contribution in [1.29, 1.82) is 0 Å². The fourth-order valence-electron chi connectivity index (χ4n) is 5.13. The number of aryl methyl sites for hydroxylation is 1. The van der Waals surface area contributed by atoms with Crippen LogP contribution in [0.5, 0.6) is 17.2 Å². The second-order valence-corrected chi connectivity index (χ2v) is 10.5. The third-order valence-electron chi connectivity index (χ3n) is 7.17. The Hall–Kier alpha value is -3.22. The molecule has 192 valence electrons. The molecule has 0 saturated heterocycles. The van der Waals surface area contributed by atoms with Crippen molar-refractivity contribution in [3.63, 3.8) is 0 Å². The first kappa shape index (κ1) is 25.4. The highest BCUT2D eigenvalue weighted by Gasteiger charge is 2.29. The monoisotopic (exact) mass is 539 g/mol. The van der Waals surface area contributed by atoms with E-state index in [1.807, 2.05) is 13.0 Å². The minimum absolute atomic E-state index is 0.119. The highest BCUT2D eigenvalue weighted by molar-refractivity contribution is 6.32. The normalized spacial score (nSPS) is 20.6. The third-order valence-corrected chi connectivity index (χ3v) is 7.89. The van der Waals surface area contributed by atoms with Crippen molar-refractivity contribution in [2.75, 3.05) is 6.61 Å². The molecule has 0 radical (unpaired) electrons. The van der Waals surface area contributed by atoms with E-state index in [0.29, 0.717) is 52.3 Å². The van der Waals surface area contributed by atoms with Crippen LogP contribution in [0.1, 0.15) is 64.6 Å². The Morgan fingerprint density at radius 3 is 2.51 bits per heavy atom. The highest BCUT2D eigenvalue weighted by Crippen LogP contribution is 2.42. The summed E-state index contributed by atoms with van der Waals surface area (Å²) in [6.45, 7) is 2.32. The van der Waals surface area contributed by atoms with Crippen LogP contribution in [-0.2, 0) is 4.79 Å². The van der Waals surface area contributed by atoms with Gasteiger partial charge >= 0.3 is 5.97 Å². The SMILES string of the molecule is Cc1cc(C2CCC(NC(=O)c3ccc(Oc4cc5c(cc4Cl)C(C(=O)O)CCO5)cc3)C2)ccc1Cl. The number of ether oxygens (including phenoxy) is 2. The van der Waals surface area contributed by atoms with Gasteiger partial charge in [0.2, 0.25) is 0 Å². The Balaban J connectivity index is 1.21. The van der Waals surface area contributed by atoms with Crippen LogP contribution in [-0.4, -0.2) is 29.6 Å². The Morgan fingerprint density at radius 1 is 1.00 bits per heavy atom. The molecule has 3 atom stereocenters. The maximum Gasteiger partial charge on any atom is 0.311 e. The number of amides is 1. The number of fused-ring (bicyclic) bond motifs is 1. The zero-order valence-electron chi connectivity index (χ0n) is 20.3. The molecule has 5 rings (SSSR count). The molecule has 0 aromatic heterocycles. The summed E-state index contributed by atoms with van der Waals surface area (Å²) in [5, 5.41) is 13.7. The summed E-state index contributed by atoms with van der Waals surface area (Å²) in [5.74, 6) is 0.0475. The number of nitrogens with one attached hydrogen (secondary N) is 1. The predicted octanol–water partition coefficient (Wildman–Crippen LogP) is 7.11. The lowest BCUT2D eigenvalue weighted by atomic mass is 9.93. The van der Waals surface area contributed by atoms with Gasteiger partial charge in [0.15, 0.2) is 0 Å². The van der Waals surface area contributed by atoms with Crippen LogP contribution < -0.4 is 14.8 Å². The number of halogens is 2. The molecule has 37 heavy (non-hydrogen) atoms. The summed E-state index contributed by atoms with van der Waals surface area (Å²) in [6, 6.07) is 16.3. The Morgan fingerprint density at radius 2 is 1.78 bits per heavy atom. The van der Waals surface area contributed by atoms with Gasteiger partial charge in [-0.05, 0) is 86.1 Å². The third kappa shape index (κ3) is 5.55. The molecule has 1 aliphatic carbocycles. The fourth-order valence-corrected chi connectivity index (χ4v) is 5.46. The molecule has 8 heteroatoms. The second kappa shape index (κ2) is 10.6. The van der Waals surface area contributed by atoms with Crippen molar-refractivity contribution >= 4 is 35.1 Å². The largest absolute Gasteiger partial charge is 0.493 e. The van der Waals surface area contributed by atoms with E-state index in [-0.39, 0.29) is 11.9 Å². The summed E-state index contributed by atoms with van der Waals surface area (Å²) in [5.41, 5.74) is 3.43. The van der Waals surface area contributed by atoms with Gasteiger partial charge in [0.25, 0.3) is 5.91 Å². The molecule has 1 amide bonds. The van der Waals surface area contributed by atoms with E-state index >= 15 is 0 Å². The van der Waals surface area contributed by atoms with Crippen LogP contribution in [0, 0.1) is 6.92 Å². The molecule has 1 fully saturated rings. The van der Waals surface area contributed by atoms with E-state index in [1.54, 1.807) is 36.4 Å². The number of carboxylic acid groups (broad SMARTS) is 1. The molecular weight excluding hydrogens is 513 g/mol. The summed E-state index contributed by atoms with van der Waals surface area (Å²) in [4.78, 5) is 24.4. The van der Waals surface area contributed by atoms with E-state index in [2.05, 4.69) is 17.4 Å². The number of aliphatic carboxylic acids is 1. The highest BCUT2D eigenvalue weighted by atomic mass is 35.5. The van der Waals surface area contributed by atoms with Crippen LogP contribution >= 0.6 is 23.2 Å². The van der Waals surface area contributed by atoms with E-state index in [0.717, 1.165) is 29.8 Å². The Kier molecular flexibility index (Phi) is 7.31. The molecule has 0 bridgehead atoms. The van der Waals surface area contributed by atoms with E-state index in [9.17, 15) is 14.7 Å². The van der Waals surface area contributed by atoms with Crippen molar-refractivity contribution in [2.45, 2.75) is 50.5 Å². The summed E-state index contributed by atoms with van der Waals surface area (Å²) in [7, 11) is 0. The number of benzene rings is 3. The lowest BCUT2D eigenvalue weighted by Gasteiger charge is -2.24. The molecule has 3 aromatic carbocycles. The first-order valence-corrected chi connectivity index (χ1v) is 13.1. The molecule has 0 spiro atoms. The first-order chi connectivity index (χ1) is 17.8. The second-order valence-electron chi connectivity index (χ2n) is 9.66. The molecule has 2 aliphatic rings. The summed E-state index contributed by atoms with van der Waals surface area (Å²) >= 11 is 12.5. The average molecular weight is 540 g/mol. The summed E-state index contributed by atoms with van der Waals surface area (Å²) < 4.78 is 11.6. The van der Waals surface area contributed by atoms with Gasteiger partial charge in [-0.3, -0.25) is 9.59 Å². The van der Waals surface area contributed by atoms with Crippen LogP contribution in [0.15, 0.2) is 54.6 Å². The van der Waals surface area contributed by atoms with Gasteiger partial charge in [-0.1, -0.05) is 35.3 Å². The predicted molar refractivity (Wildman–Crippen MR) is 142 cm³/mol. The van der Waals surface area contributed by atoms with Gasteiger partial charge in [0.1, 0.15) is 17.2 Å². The van der Waals surface area contributed by atoms with Gasteiger partial charge in [0, 0.05) is 28.3 Å².